The van der Waals surface area contributed by atoms with Crippen molar-refractivity contribution in [2.24, 2.45) is 0 Å². The average molecular weight is 362 g/mol. The number of ether oxygens (including phenoxy) is 1. The third-order valence-corrected chi connectivity index (χ3v) is 4.23. The summed E-state index contributed by atoms with van der Waals surface area (Å²) in [6.07, 6.45) is 6.43. The second kappa shape index (κ2) is 8.31. The number of hydrogen-bond donors (Lipinski definition) is 1. The highest BCUT2D eigenvalue weighted by Crippen LogP contribution is 2.21. The van der Waals surface area contributed by atoms with Crippen molar-refractivity contribution >= 4 is 12.0 Å². The van der Waals surface area contributed by atoms with Crippen molar-refractivity contribution in [3.63, 3.8) is 0 Å². The summed E-state index contributed by atoms with van der Waals surface area (Å²) >= 11 is 0. The molecule has 0 fully saturated rings. The number of benzene rings is 2. The van der Waals surface area contributed by atoms with Gasteiger partial charge in [0, 0.05) is 11.6 Å². The number of methoxy groups -OCH3 is 1. The predicted octanol–water partition coefficient (Wildman–Crippen LogP) is 3.47. The summed E-state index contributed by atoms with van der Waals surface area (Å²) in [6, 6.07) is 13.6. The zero-order valence-electron chi connectivity index (χ0n) is 15.6. The molecule has 6 nitrogen and oxygen atoms in total. The van der Waals surface area contributed by atoms with Crippen LogP contribution in [0.25, 0.3) is 11.8 Å². The molecule has 1 aromatic heterocycles. The first-order valence-corrected chi connectivity index (χ1v) is 8.65. The molecule has 1 unspecified atom stereocenters. The molecule has 0 saturated carbocycles. The van der Waals surface area contributed by atoms with Crippen LogP contribution in [-0.2, 0) is 4.79 Å². The van der Waals surface area contributed by atoms with Gasteiger partial charge in [-0.05, 0) is 49.8 Å². The first kappa shape index (κ1) is 18.4. The normalized spacial score (nSPS) is 12.1. The van der Waals surface area contributed by atoms with E-state index in [1.807, 2.05) is 56.3 Å². The summed E-state index contributed by atoms with van der Waals surface area (Å²) in [5.74, 6) is 0.577. The molecule has 0 spiro atoms. The van der Waals surface area contributed by atoms with Gasteiger partial charge in [-0.2, -0.15) is 5.10 Å². The number of hydrogen-bond acceptors (Lipinski definition) is 4. The Hall–Kier alpha value is -3.41. The topological polar surface area (TPSA) is 69.0 Å². The standard InChI is InChI=1S/C21H22N4O2/c1-15-4-10-20(27-3)18(12-15)7-11-21(26)24-16(2)17-5-8-19(9-6-17)25-14-22-13-23-25/h4-14,16H,1-3H3,(H,24,26)/b11-7+. The number of amides is 1. The Bertz CT molecular complexity index is 931. The van der Waals surface area contributed by atoms with Crippen LogP contribution in [0, 0.1) is 6.92 Å². The second-order valence-corrected chi connectivity index (χ2v) is 6.24. The fraction of sp³-hybridized carbons (Fsp3) is 0.190. The second-order valence-electron chi connectivity index (χ2n) is 6.24. The minimum Gasteiger partial charge on any atom is -0.496 e. The van der Waals surface area contributed by atoms with Crippen LogP contribution in [0.2, 0.25) is 0 Å². The third-order valence-electron chi connectivity index (χ3n) is 4.23. The predicted molar refractivity (Wildman–Crippen MR) is 105 cm³/mol. The molecular formula is C21H22N4O2. The maximum Gasteiger partial charge on any atom is 0.244 e. The molecule has 0 saturated heterocycles. The van der Waals surface area contributed by atoms with E-state index in [1.165, 1.54) is 12.4 Å². The van der Waals surface area contributed by atoms with E-state index in [0.29, 0.717) is 0 Å². The van der Waals surface area contributed by atoms with Crippen LogP contribution in [0.1, 0.15) is 29.7 Å². The molecule has 0 aliphatic carbocycles. The number of carbonyl (C=O) groups excluding carboxylic acids is 1. The summed E-state index contributed by atoms with van der Waals surface area (Å²) in [4.78, 5) is 16.2. The van der Waals surface area contributed by atoms with Gasteiger partial charge in [0.15, 0.2) is 0 Å². The van der Waals surface area contributed by atoms with Crippen molar-refractivity contribution in [1.29, 1.82) is 0 Å². The zero-order chi connectivity index (χ0) is 19.2. The van der Waals surface area contributed by atoms with E-state index in [9.17, 15) is 4.79 Å². The Morgan fingerprint density at radius 2 is 2.00 bits per heavy atom. The molecule has 1 N–H and O–H groups in total. The van der Waals surface area contributed by atoms with E-state index >= 15 is 0 Å². The highest BCUT2D eigenvalue weighted by Gasteiger charge is 2.08. The van der Waals surface area contributed by atoms with E-state index in [0.717, 1.165) is 28.1 Å². The molecule has 2 aromatic carbocycles. The van der Waals surface area contributed by atoms with Crippen LogP contribution in [0.3, 0.4) is 0 Å². The van der Waals surface area contributed by atoms with Gasteiger partial charge in [0.05, 0.1) is 18.8 Å². The molecular weight excluding hydrogens is 340 g/mol. The van der Waals surface area contributed by atoms with Gasteiger partial charge in [0.2, 0.25) is 5.91 Å². The summed E-state index contributed by atoms with van der Waals surface area (Å²) in [7, 11) is 1.62. The molecule has 6 heteroatoms. The van der Waals surface area contributed by atoms with Gasteiger partial charge >= 0.3 is 0 Å². The van der Waals surface area contributed by atoms with E-state index < -0.39 is 0 Å². The maximum atomic E-state index is 12.3. The first-order chi connectivity index (χ1) is 13.1. The van der Waals surface area contributed by atoms with Crippen molar-refractivity contribution in [1.82, 2.24) is 20.1 Å². The van der Waals surface area contributed by atoms with Crippen LogP contribution < -0.4 is 10.1 Å². The summed E-state index contributed by atoms with van der Waals surface area (Å²) in [5.41, 5.74) is 3.91. The summed E-state index contributed by atoms with van der Waals surface area (Å²) in [6.45, 7) is 3.95. The Morgan fingerprint density at radius 1 is 1.22 bits per heavy atom. The van der Waals surface area contributed by atoms with Crippen LogP contribution in [0.5, 0.6) is 5.75 Å². The average Bonchev–Trinajstić information content (AvgIpc) is 3.21. The van der Waals surface area contributed by atoms with Gasteiger partial charge in [-0.1, -0.05) is 23.8 Å². The van der Waals surface area contributed by atoms with Crippen LogP contribution in [0.4, 0.5) is 0 Å². The van der Waals surface area contributed by atoms with Crippen molar-refractivity contribution in [2.45, 2.75) is 19.9 Å². The summed E-state index contributed by atoms with van der Waals surface area (Å²) in [5, 5.41) is 7.07. The maximum absolute atomic E-state index is 12.3. The van der Waals surface area contributed by atoms with Gasteiger partial charge < -0.3 is 10.1 Å². The SMILES string of the molecule is COc1ccc(C)cc1/C=C/C(=O)NC(C)c1ccc(-n2cncn2)cc1. The molecule has 3 rings (SSSR count). The molecule has 0 aliphatic heterocycles. The zero-order valence-corrected chi connectivity index (χ0v) is 15.6. The number of aryl methyl sites for hydroxylation is 1. The number of nitrogens with zero attached hydrogens (tertiary/aromatic N) is 3. The quantitative estimate of drug-likeness (QED) is 0.682. The highest BCUT2D eigenvalue weighted by molar-refractivity contribution is 5.92. The molecule has 3 aromatic rings. The minimum atomic E-state index is -0.161. The number of nitrogens with one attached hydrogen (secondary N) is 1. The number of carbonyl (C=O) groups is 1. The molecule has 1 amide bonds. The van der Waals surface area contributed by atoms with Crippen molar-refractivity contribution < 1.29 is 9.53 Å². The lowest BCUT2D eigenvalue weighted by Gasteiger charge is -2.13. The Kier molecular flexibility index (Phi) is 5.66. The van der Waals surface area contributed by atoms with Gasteiger partial charge in [0.1, 0.15) is 18.4 Å². The van der Waals surface area contributed by atoms with Crippen molar-refractivity contribution in [2.75, 3.05) is 7.11 Å². The highest BCUT2D eigenvalue weighted by atomic mass is 16.5. The van der Waals surface area contributed by atoms with E-state index in [1.54, 1.807) is 24.2 Å². The summed E-state index contributed by atoms with van der Waals surface area (Å²) < 4.78 is 7.02. The van der Waals surface area contributed by atoms with Crippen LogP contribution >= 0.6 is 0 Å². The van der Waals surface area contributed by atoms with E-state index in [-0.39, 0.29) is 11.9 Å². The molecule has 27 heavy (non-hydrogen) atoms. The van der Waals surface area contributed by atoms with Crippen LogP contribution in [-0.4, -0.2) is 27.8 Å². The molecule has 138 valence electrons. The fourth-order valence-electron chi connectivity index (χ4n) is 2.75. The Morgan fingerprint density at radius 3 is 2.67 bits per heavy atom. The third kappa shape index (κ3) is 4.61. The van der Waals surface area contributed by atoms with Crippen molar-refractivity contribution in [3.05, 3.63) is 77.9 Å². The van der Waals surface area contributed by atoms with Crippen LogP contribution in [0.15, 0.2) is 61.2 Å². The largest absolute Gasteiger partial charge is 0.496 e. The van der Waals surface area contributed by atoms with E-state index in [4.69, 9.17) is 4.74 Å². The Labute approximate surface area is 158 Å². The monoisotopic (exact) mass is 362 g/mol. The lowest BCUT2D eigenvalue weighted by Crippen LogP contribution is -2.24. The number of rotatable bonds is 6. The van der Waals surface area contributed by atoms with Crippen molar-refractivity contribution in [3.8, 4) is 11.4 Å². The fourth-order valence-corrected chi connectivity index (χ4v) is 2.75. The lowest BCUT2D eigenvalue weighted by atomic mass is 10.1. The molecule has 0 aliphatic rings. The molecule has 0 radical (unpaired) electrons. The molecule has 1 atom stereocenters. The van der Waals surface area contributed by atoms with Gasteiger partial charge in [-0.3, -0.25) is 4.79 Å². The molecule has 1 heterocycles. The number of aromatic nitrogens is 3. The van der Waals surface area contributed by atoms with Gasteiger partial charge in [-0.15, -0.1) is 0 Å². The minimum absolute atomic E-state index is 0.119. The van der Waals surface area contributed by atoms with Gasteiger partial charge in [-0.25, -0.2) is 9.67 Å². The Balaban J connectivity index is 1.64. The first-order valence-electron chi connectivity index (χ1n) is 8.65. The van der Waals surface area contributed by atoms with Gasteiger partial charge in [0.25, 0.3) is 0 Å². The smallest absolute Gasteiger partial charge is 0.244 e. The molecule has 0 bridgehead atoms. The van der Waals surface area contributed by atoms with E-state index in [2.05, 4.69) is 15.4 Å². The lowest BCUT2D eigenvalue weighted by molar-refractivity contribution is -0.117.